The van der Waals surface area contributed by atoms with Crippen LogP contribution in [-0.2, 0) is 11.8 Å². The number of anilines is 1. The van der Waals surface area contributed by atoms with Gasteiger partial charge in [-0.15, -0.1) is 0 Å². The monoisotopic (exact) mass is 313 g/mol. The van der Waals surface area contributed by atoms with E-state index in [0.717, 1.165) is 36.5 Å². The lowest BCUT2D eigenvalue weighted by molar-refractivity contribution is -0.00770. The lowest BCUT2D eigenvalue weighted by Crippen LogP contribution is -2.49. The van der Waals surface area contributed by atoms with Gasteiger partial charge in [0.2, 0.25) is 5.96 Å². The first-order valence-electron chi connectivity index (χ1n) is 9.35. The van der Waals surface area contributed by atoms with Crippen LogP contribution in [0.4, 0.5) is 5.82 Å². The molecule has 124 valence electrons. The first-order valence-corrected chi connectivity index (χ1v) is 9.35. The standard InChI is InChI=1S/C18H27N5/c19-17(20)23-16-14(3-1-2-4-21-16)15(22-23)18-8-11-5-12(9-18)7-13(6-11)10-18/h11-13,21H,1-10H2,(H3,19,20). The summed E-state index contributed by atoms with van der Waals surface area (Å²) in [5.41, 5.74) is 8.80. The second-order valence-corrected chi connectivity index (χ2v) is 8.55. The highest BCUT2D eigenvalue weighted by atomic mass is 15.4. The lowest BCUT2D eigenvalue weighted by atomic mass is 9.48. The number of nitrogens with one attached hydrogen (secondary N) is 2. The number of aromatic nitrogens is 2. The third kappa shape index (κ3) is 1.98. The molecule has 0 amide bonds. The molecule has 4 aliphatic carbocycles. The van der Waals surface area contributed by atoms with E-state index >= 15 is 0 Å². The normalized spacial score (nSPS) is 38.0. The van der Waals surface area contributed by atoms with Crippen molar-refractivity contribution in [1.82, 2.24) is 9.78 Å². The molecular formula is C18H27N5. The summed E-state index contributed by atoms with van der Waals surface area (Å²) in [6.45, 7) is 0.965. The Hall–Kier alpha value is -1.52. The number of fused-ring (bicyclic) bond motifs is 1. The van der Waals surface area contributed by atoms with E-state index in [-0.39, 0.29) is 11.4 Å². The predicted molar refractivity (Wildman–Crippen MR) is 90.8 cm³/mol. The van der Waals surface area contributed by atoms with Crippen LogP contribution in [0.1, 0.15) is 62.6 Å². The molecule has 0 spiro atoms. The first-order chi connectivity index (χ1) is 11.1. The number of hydrogen-bond donors (Lipinski definition) is 3. The van der Waals surface area contributed by atoms with Crippen molar-refractivity contribution in [2.45, 2.75) is 63.2 Å². The topological polar surface area (TPSA) is 79.7 Å². The van der Waals surface area contributed by atoms with Gasteiger partial charge < -0.3 is 11.1 Å². The highest BCUT2D eigenvalue weighted by Gasteiger charge is 2.53. The summed E-state index contributed by atoms with van der Waals surface area (Å²) in [5, 5.41) is 16.4. The molecule has 2 heterocycles. The minimum absolute atomic E-state index is 0.0478. The zero-order valence-electron chi connectivity index (χ0n) is 13.8. The molecular weight excluding hydrogens is 286 g/mol. The Morgan fingerprint density at radius 3 is 2.39 bits per heavy atom. The first kappa shape index (κ1) is 13.9. The van der Waals surface area contributed by atoms with Crippen LogP contribution in [0.15, 0.2) is 0 Å². The highest BCUT2D eigenvalue weighted by molar-refractivity contribution is 5.81. The Morgan fingerprint density at radius 1 is 1.13 bits per heavy atom. The second kappa shape index (κ2) is 4.74. The number of rotatable bonds is 1. The molecule has 0 saturated heterocycles. The van der Waals surface area contributed by atoms with Crippen LogP contribution in [0.2, 0.25) is 0 Å². The Balaban J connectivity index is 1.64. The minimum atomic E-state index is 0.0478. The van der Waals surface area contributed by atoms with Crippen LogP contribution in [-0.4, -0.2) is 22.3 Å². The summed E-state index contributed by atoms with van der Waals surface area (Å²) in [6, 6.07) is 0. The number of nitrogens with two attached hydrogens (primary N) is 1. The molecule has 5 aliphatic rings. The highest BCUT2D eigenvalue weighted by Crippen LogP contribution is 2.61. The van der Waals surface area contributed by atoms with Gasteiger partial charge in [0.25, 0.3) is 0 Å². The molecule has 4 saturated carbocycles. The van der Waals surface area contributed by atoms with E-state index < -0.39 is 0 Å². The zero-order chi connectivity index (χ0) is 15.6. The van der Waals surface area contributed by atoms with Crippen LogP contribution < -0.4 is 11.1 Å². The molecule has 5 heteroatoms. The van der Waals surface area contributed by atoms with Crippen LogP contribution in [0.5, 0.6) is 0 Å². The van der Waals surface area contributed by atoms with Crippen molar-refractivity contribution in [1.29, 1.82) is 5.41 Å². The van der Waals surface area contributed by atoms with E-state index in [0.29, 0.717) is 0 Å². The summed E-state index contributed by atoms with van der Waals surface area (Å²) in [5.74, 6) is 3.81. The Kier molecular flexibility index (Phi) is 2.86. The molecule has 4 fully saturated rings. The van der Waals surface area contributed by atoms with Crippen LogP contribution >= 0.6 is 0 Å². The average molecular weight is 313 g/mol. The van der Waals surface area contributed by atoms with Gasteiger partial charge in [0.15, 0.2) is 0 Å². The lowest BCUT2D eigenvalue weighted by Gasteiger charge is -2.56. The molecule has 5 nitrogen and oxygen atoms in total. The van der Waals surface area contributed by atoms with Gasteiger partial charge in [-0.2, -0.15) is 9.78 Å². The van der Waals surface area contributed by atoms with Gasteiger partial charge in [-0.05, 0) is 75.5 Å². The van der Waals surface area contributed by atoms with E-state index in [1.54, 1.807) is 4.68 Å². The molecule has 23 heavy (non-hydrogen) atoms. The van der Waals surface area contributed by atoms with Crippen molar-refractivity contribution < 1.29 is 0 Å². The molecule has 1 aromatic heterocycles. The van der Waals surface area contributed by atoms with Crippen LogP contribution in [0.3, 0.4) is 0 Å². The minimum Gasteiger partial charge on any atom is -0.370 e. The summed E-state index contributed by atoms with van der Waals surface area (Å²) in [6.07, 6.45) is 11.8. The van der Waals surface area contributed by atoms with Gasteiger partial charge in [-0.25, -0.2) is 0 Å². The zero-order valence-corrected chi connectivity index (χ0v) is 13.8. The number of hydrogen-bond acceptors (Lipinski definition) is 3. The van der Waals surface area contributed by atoms with E-state index in [1.165, 1.54) is 62.6 Å². The molecule has 0 atom stereocenters. The quantitative estimate of drug-likeness (QED) is 0.551. The fraction of sp³-hybridized carbons (Fsp3) is 0.778. The van der Waals surface area contributed by atoms with Gasteiger partial charge in [0.05, 0.1) is 5.69 Å². The fourth-order valence-electron chi connectivity index (χ4n) is 6.50. The predicted octanol–water partition coefficient (Wildman–Crippen LogP) is 2.84. The number of nitrogen functional groups attached to an aromatic ring is 1. The van der Waals surface area contributed by atoms with Gasteiger partial charge >= 0.3 is 0 Å². The third-order valence-electron chi connectivity index (χ3n) is 6.90. The molecule has 0 aromatic carbocycles. The maximum Gasteiger partial charge on any atom is 0.215 e. The third-order valence-corrected chi connectivity index (χ3v) is 6.90. The Bertz CT molecular complexity index is 623. The molecule has 0 unspecified atom stereocenters. The summed E-state index contributed by atoms with van der Waals surface area (Å²) < 4.78 is 1.68. The Labute approximate surface area is 137 Å². The van der Waals surface area contributed by atoms with Gasteiger partial charge in [-0.3, -0.25) is 5.41 Å². The van der Waals surface area contributed by atoms with E-state index in [4.69, 9.17) is 16.2 Å². The van der Waals surface area contributed by atoms with Crippen molar-refractivity contribution in [2.24, 2.45) is 23.5 Å². The summed E-state index contributed by atoms with van der Waals surface area (Å²) in [7, 11) is 0. The smallest absolute Gasteiger partial charge is 0.215 e. The maximum absolute atomic E-state index is 7.94. The molecule has 4 N–H and O–H groups in total. The van der Waals surface area contributed by atoms with Crippen molar-refractivity contribution in [3.63, 3.8) is 0 Å². The second-order valence-electron chi connectivity index (χ2n) is 8.55. The summed E-state index contributed by atoms with van der Waals surface area (Å²) in [4.78, 5) is 0. The molecule has 1 aromatic rings. The van der Waals surface area contributed by atoms with Gasteiger partial charge in [0, 0.05) is 17.5 Å². The van der Waals surface area contributed by atoms with Crippen molar-refractivity contribution in [3.8, 4) is 0 Å². The van der Waals surface area contributed by atoms with Crippen molar-refractivity contribution in [3.05, 3.63) is 11.3 Å². The van der Waals surface area contributed by atoms with Gasteiger partial charge in [0.1, 0.15) is 5.82 Å². The SMILES string of the molecule is N=C(N)n1nc(C23CC4CC(CC(C4)C2)C3)c2c1NCCCC2. The molecule has 4 bridgehead atoms. The Morgan fingerprint density at radius 2 is 1.78 bits per heavy atom. The largest absolute Gasteiger partial charge is 0.370 e. The van der Waals surface area contributed by atoms with Crippen molar-refractivity contribution >= 4 is 11.8 Å². The number of nitrogens with zero attached hydrogens (tertiary/aromatic N) is 2. The van der Waals surface area contributed by atoms with Gasteiger partial charge in [-0.1, -0.05) is 0 Å². The summed E-state index contributed by atoms with van der Waals surface area (Å²) >= 11 is 0. The fourth-order valence-corrected chi connectivity index (χ4v) is 6.50. The van der Waals surface area contributed by atoms with E-state index in [1.807, 2.05) is 0 Å². The van der Waals surface area contributed by atoms with Crippen molar-refractivity contribution in [2.75, 3.05) is 11.9 Å². The molecule has 6 rings (SSSR count). The average Bonchev–Trinajstić information content (AvgIpc) is 2.70. The van der Waals surface area contributed by atoms with Crippen LogP contribution in [0.25, 0.3) is 0 Å². The molecule has 1 aliphatic heterocycles. The molecule has 0 radical (unpaired) electrons. The van der Waals surface area contributed by atoms with E-state index in [9.17, 15) is 0 Å². The van der Waals surface area contributed by atoms with Crippen LogP contribution in [0, 0.1) is 23.2 Å². The van der Waals surface area contributed by atoms with E-state index in [2.05, 4.69) is 5.32 Å². The maximum atomic E-state index is 7.94.